The van der Waals surface area contributed by atoms with Gasteiger partial charge in [-0.2, -0.15) is 10.5 Å². The first-order valence-corrected chi connectivity index (χ1v) is 4.20. The Morgan fingerprint density at radius 3 is 2.23 bits per heavy atom. The maximum atomic E-state index is 8.73. The van der Waals surface area contributed by atoms with E-state index >= 15 is 0 Å². The van der Waals surface area contributed by atoms with E-state index in [9.17, 15) is 0 Å². The third-order valence-electron chi connectivity index (χ3n) is 2.22. The number of ether oxygens (including phenoxy) is 2. The summed E-state index contributed by atoms with van der Waals surface area (Å²) in [5.74, 6) is 0. The van der Waals surface area contributed by atoms with Gasteiger partial charge in [0.25, 0.3) is 0 Å². The second-order valence-electron chi connectivity index (χ2n) is 3.39. The van der Waals surface area contributed by atoms with Crippen molar-refractivity contribution in [2.24, 2.45) is 0 Å². The van der Waals surface area contributed by atoms with Gasteiger partial charge in [-0.1, -0.05) is 6.92 Å². The molecular weight excluding hydrogens is 168 g/mol. The Kier molecular flexibility index (Phi) is 2.56. The average Bonchev–Trinajstić information content (AvgIpc) is 2.11. The molecule has 1 fully saturated rings. The monoisotopic (exact) mass is 180 g/mol. The molecule has 4 nitrogen and oxygen atoms in total. The van der Waals surface area contributed by atoms with Crippen LogP contribution >= 0.6 is 0 Å². The van der Waals surface area contributed by atoms with Crippen LogP contribution in [0.3, 0.4) is 0 Å². The first-order valence-electron chi connectivity index (χ1n) is 4.20. The molecule has 0 aromatic rings. The van der Waals surface area contributed by atoms with Crippen LogP contribution in [0.2, 0.25) is 0 Å². The minimum absolute atomic E-state index is 0.416. The van der Waals surface area contributed by atoms with Gasteiger partial charge in [-0.25, -0.2) is 0 Å². The van der Waals surface area contributed by atoms with Gasteiger partial charge in [-0.15, -0.1) is 0 Å². The molecule has 0 spiro atoms. The standard InChI is InChI=1S/C9H12N2O2/c1-3-9(6-12-7-9)13-8(2,4-10)5-11/h3,6-7H2,1-2H3. The van der Waals surface area contributed by atoms with Crippen molar-refractivity contribution in [3.63, 3.8) is 0 Å². The third kappa shape index (κ3) is 1.80. The molecule has 0 atom stereocenters. The second kappa shape index (κ2) is 3.33. The van der Waals surface area contributed by atoms with Crippen LogP contribution in [-0.2, 0) is 9.47 Å². The molecule has 4 heteroatoms. The lowest BCUT2D eigenvalue weighted by Crippen LogP contribution is -2.55. The molecule has 0 amide bonds. The van der Waals surface area contributed by atoms with Crippen molar-refractivity contribution < 1.29 is 9.47 Å². The predicted octanol–water partition coefficient (Wildman–Crippen LogP) is 0.988. The summed E-state index contributed by atoms with van der Waals surface area (Å²) in [6.07, 6.45) is 0.756. The fraction of sp³-hybridized carbons (Fsp3) is 0.778. The van der Waals surface area contributed by atoms with E-state index in [1.165, 1.54) is 6.92 Å². The highest BCUT2D eigenvalue weighted by molar-refractivity contribution is 5.16. The van der Waals surface area contributed by atoms with Crippen molar-refractivity contribution >= 4 is 0 Å². The smallest absolute Gasteiger partial charge is 0.239 e. The van der Waals surface area contributed by atoms with Crippen molar-refractivity contribution in [2.45, 2.75) is 31.5 Å². The maximum absolute atomic E-state index is 8.73. The fourth-order valence-electron chi connectivity index (χ4n) is 1.17. The zero-order chi connectivity index (χ0) is 9.95. The molecule has 1 aliphatic heterocycles. The summed E-state index contributed by atoms with van der Waals surface area (Å²) in [5, 5.41) is 17.5. The van der Waals surface area contributed by atoms with Gasteiger partial charge in [0.2, 0.25) is 5.60 Å². The number of hydrogen-bond acceptors (Lipinski definition) is 4. The van der Waals surface area contributed by atoms with Crippen LogP contribution < -0.4 is 0 Å². The lowest BCUT2D eigenvalue weighted by molar-refractivity contribution is -0.234. The van der Waals surface area contributed by atoms with Crippen LogP contribution in [0.1, 0.15) is 20.3 Å². The summed E-state index contributed by atoms with van der Waals surface area (Å²) in [6.45, 7) is 4.38. The molecule has 1 heterocycles. The zero-order valence-electron chi connectivity index (χ0n) is 7.83. The first-order chi connectivity index (χ1) is 6.10. The predicted molar refractivity (Wildman–Crippen MR) is 44.6 cm³/mol. The van der Waals surface area contributed by atoms with Crippen LogP contribution in [0.4, 0.5) is 0 Å². The Bertz CT molecular complexity index is 251. The summed E-state index contributed by atoms with van der Waals surface area (Å²) in [5.41, 5.74) is -1.76. The molecule has 1 rings (SSSR count). The number of hydrogen-bond donors (Lipinski definition) is 0. The number of nitrogens with zero attached hydrogens (tertiary/aromatic N) is 2. The van der Waals surface area contributed by atoms with Crippen LogP contribution in [0.5, 0.6) is 0 Å². The van der Waals surface area contributed by atoms with Gasteiger partial charge >= 0.3 is 0 Å². The van der Waals surface area contributed by atoms with E-state index < -0.39 is 11.2 Å². The van der Waals surface area contributed by atoms with Gasteiger partial charge < -0.3 is 9.47 Å². The highest BCUT2D eigenvalue weighted by Crippen LogP contribution is 2.30. The van der Waals surface area contributed by atoms with Crippen LogP contribution in [0.15, 0.2) is 0 Å². The van der Waals surface area contributed by atoms with E-state index in [1.807, 2.05) is 19.1 Å². The highest BCUT2D eigenvalue weighted by atomic mass is 16.6. The van der Waals surface area contributed by atoms with Gasteiger partial charge in [0.1, 0.15) is 17.7 Å². The summed E-state index contributed by atoms with van der Waals surface area (Å²) < 4.78 is 10.5. The summed E-state index contributed by atoms with van der Waals surface area (Å²) >= 11 is 0. The highest BCUT2D eigenvalue weighted by Gasteiger charge is 2.44. The van der Waals surface area contributed by atoms with Gasteiger partial charge in [0, 0.05) is 0 Å². The Morgan fingerprint density at radius 1 is 1.46 bits per heavy atom. The fourth-order valence-corrected chi connectivity index (χ4v) is 1.17. The molecule has 1 saturated heterocycles. The number of nitriles is 2. The molecule has 0 saturated carbocycles. The van der Waals surface area contributed by atoms with Gasteiger partial charge in [0.15, 0.2) is 0 Å². The molecule has 0 aliphatic carbocycles. The van der Waals surface area contributed by atoms with Crippen molar-refractivity contribution in [2.75, 3.05) is 13.2 Å². The topological polar surface area (TPSA) is 66.0 Å². The zero-order valence-corrected chi connectivity index (χ0v) is 7.83. The molecule has 1 aliphatic rings. The van der Waals surface area contributed by atoms with Crippen molar-refractivity contribution in [3.8, 4) is 12.1 Å². The Morgan fingerprint density at radius 2 is 2.00 bits per heavy atom. The Hall–Kier alpha value is -1.10. The molecule has 70 valence electrons. The summed E-state index contributed by atoms with van der Waals surface area (Å²) in [7, 11) is 0. The molecule has 0 N–H and O–H groups in total. The van der Waals surface area contributed by atoms with E-state index in [1.54, 1.807) is 0 Å². The lowest BCUT2D eigenvalue weighted by atomic mass is 9.97. The minimum Gasteiger partial charge on any atom is -0.375 e. The van der Waals surface area contributed by atoms with E-state index in [4.69, 9.17) is 20.0 Å². The van der Waals surface area contributed by atoms with Crippen LogP contribution in [-0.4, -0.2) is 24.4 Å². The van der Waals surface area contributed by atoms with Gasteiger partial charge in [0.05, 0.1) is 13.2 Å². The molecule has 0 aromatic carbocycles. The van der Waals surface area contributed by atoms with Crippen molar-refractivity contribution in [1.82, 2.24) is 0 Å². The molecule has 13 heavy (non-hydrogen) atoms. The molecule has 0 unspecified atom stereocenters. The van der Waals surface area contributed by atoms with E-state index in [0.29, 0.717) is 13.2 Å². The van der Waals surface area contributed by atoms with E-state index in [-0.39, 0.29) is 0 Å². The SMILES string of the molecule is CCC1(OC(C)(C#N)C#N)COC1. The summed E-state index contributed by atoms with van der Waals surface area (Å²) in [4.78, 5) is 0. The second-order valence-corrected chi connectivity index (χ2v) is 3.39. The quantitative estimate of drug-likeness (QED) is 0.649. The van der Waals surface area contributed by atoms with Crippen LogP contribution in [0, 0.1) is 22.7 Å². The van der Waals surface area contributed by atoms with Gasteiger partial charge in [-0.3, -0.25) is 0 Å². The molecule has 0 aromatic heterocycles. The van der Waals surface area contributed by atoms with Crippen molar-refractivity contribution in [1.29, 1.82) is 10.5 Å². The van der Waals surface area contributed by atoms with Gasteiger partial charge in [-0.05, 0) is 13.3 Å². The normalized spacial score (nSPS) is 19.7. The Labute approximate surface area is 77.7 Å². The molecule has 0 radical (unpaired) electrons. The van der Waals surface area contributed by atoms with E-state index in [2.05, 4.69) is 0 Å². The third-order valence-corrected chi connectivity index (χ3v) is 2.22. The summed E-state index contributed by atoms with van der Waals surface area (Å²) in [6, 6.07) is 3.69. The average molecular weight is 180 g/mol. The lowest BCUT2D eigenvalue weighted by Gasteiger charge is -2.42. The van der Waals surface area contributed by atoms with Crippen LogP contribution in [0.25, 0.3) is 0 Å². The van der Waals surface area contributed by atoms with E-state index in [0.717, 1.165) is 6.42 Å². The minimum atomic E-state index is -1.35. The maximum Gasteiger partial charge on any atom is 0.239 e. The molecular formula is C9H12N2O2. The number of rotatable bonds is 3. The Balaban J connectivity index is 2.67. The first kappa shape index (κ1) is 9.98. The molecule has 0 bridgehead atoms. The van der Waals surface area contributed by atoms with Crippen molar-refractivity contribution in [3.05, 3.63) is 0 Å². The largest absolute Gasteiger partial charge is 0.375 e.